The van der Waals surface area contributed by atoms with Crippen molar-refractivity contribution in [2.24, 2.45) is 0 Å². The lowest BCUT2D eigenvalue weighted by Crippen LogP contribution is -2.25. The van der Waals surface area contributed by atoms with Gasteiger partial charge in [-0.3, -0.25) is 0 Å². The molecule has 1 N–H and O–H groups in total. The van der Waals surface area contributed by atoms with Gasteiger partial charge in [-0.1, -0.05) is 59.6 Å². The molecule has 104 valence electrons. The van der Waals surface area contributed by atoms with Gasteiger partial charge in [0.05, 0.1) is 10.0 Å². The van der Waals surface area contributed by atoms with Crippen LogP contribution in [0.15, 0.2) is 48.5 Å². The largest absolute Gasteiger partial charge is 0.319 e. The van der Waals surface area contributed by atoms with Crippen LogP contribution in [0.4, 0.5) is 0 Å². The molecule has 0 unspecified atom stereocenters. The molecule has 1 nitrogen and oxygen atoms in total. The average Bonchev–Trinajstić information content (AvgIpc) is 3.19. The van der Waals surface area contributed by atoms with E-state index in [2.05, 4.69) is 41.7 Å². The number of likely N-dealkylation sites (N-methyl/N-ethyl adjacent to an activating group) is 1. The molecule has 1 aliphatic rings. The van der Waals surface area contributed by atoms with Crippen molar-refractivity contribution in [2.75, 3.05) is 13.6 Å². The lowest BCUT2D eigenvalue weighted by molar-refractivity contribution is 0.605. The van der Waals surface area contributed by atoms with Crippen LogP contribution in [0.2, 0.25) is 10.0 Å². The maximum absolute atomic E-state index is 6.15. The van der Waals surface area contributed by atoms with Crippen molar-refractivity contribution in [3.8, 4) is 0 Å². The summed E-state index contributed by atoms with van der Waals surface area (Å²) in [7, 11) is 2.01. The molecule has 0 bridgehead atoms. The van der Waals surface area contributed by atoms with Crippen LogP contribution in [0.1, 0.15) is 23.5 Å². The van der Waals surface area contributed by atoms with Gasteiger partial charge in [0.25, 0.3) is 0 Å². The molecule has 3 heteroatoms. The minimum Gasteiger partial charge on any atom is -0.319 e. The minimum atomic E-state index is 0.188. The number of benzene rings is 2. The summed E-state index contributed by atoms with van der Waals surface area (Å²) in [6, 6.07) is 16.7. The van der Waals surface area contributed by atoms with Crippen molar-refractivity contribution in [3.63, 3.8) is 0 Å². The van der Waals surface area contributed by atoms with Crippen molar-refractivity contribution in [1.82, 2.24) is 5.32 Å². The third-order valence-corrected chi connectivity index (χ3v) is 5.00. The van der Waals surface area contributed by atoms with Gasteiger partial charge in [-0.05, 0) is 42.6 Å². The first-order valence-corrected chi connectivity index (χ1v) is 7.58. The number of halogens is 2. The summed E-state index contributed by atoms with van der Waals surface area (Å²) in [5.41, 5.74) is 2.86. The Balaban J connectivity index is 1.94. The summed E-state index contributed by atoms with van der Waals surface area (Å²) in [5, 5.41) is 4.60. The Morgan fingerprint density at radius 2 is 1.85 bits per heavy atom. The van der Waals surface area contributed by atoms with Gasteiger partial charge in [0.2, 0.25) is 0 Å². The molecule has 0 aromatic heterocycles. The van der Waals surface area contributed by atoms with E-state index in [1.165, 1.54) is 11.1 Å². The first-order chi connectivity index (χ1) is 9.67. The molecule has 3 rings (SSSR count). The van der Waals surface area contributed by atoms with Gasteiger partial charge in [-0.15, -0.1) is 0 Å². The highest BCUT2D eigenvalue weighted by molar-refractivity contribution is 6.42. The fourth-order valence-electron chi connectivity index (χ4n) is 3.17. The van der Waals surface area contributed by atoms with E-state index in [1.807, 2.05) is 19.2 Å². The van der Waals surface area contributed by atoms with E-state index in [-0.39, 0.29) is 5.41 Å². The normalized spacial score (nSPS) is 24.6. The van der Waals surface area contributed by atoms with Crippen molar-refractivity contribution in [3.05, 3.63) is 69.7 Å². The van der Waals surface area contributed by atoms with Crippen molar-refractivity contribution in [1.29, 1.82) is 0 Å². The van der Waals surface area contributed by atoms with Crippen molar-refractivity contribution in [2.45, 2.75) is 17.8 Å². The van der Waals surface area contributed by atoms with Crippen molar-refractivity contribution < 1.29 is 0 Å². The smallest absolute Gasteiger partial charge is 0.0595 e. The summed E-state index contributed by atoms with van der Waals surface area (Å²) in [6.45, 7) is 0.974. The summed E-state index contributed by atoms with van der Waals surface area (Å²) < 4.78 is 0. The van der Waals surface area contributed by atoms with Gasteiger partial charge in [-0.2, -0.15) is 0 Å². The monoisotopic (exact) mass is 305 g/mol. The summed E-state index contributed by atoms with van der Waals surface area (Å²) in [5.74, 6) is 0.507. The lowest BCUT2D eigenvalue weighted by atomic mass is 9.90. The summed E-state index contributed by atoms with van der Waals surface area (Å²) in [6.07, 6.45) is 1.15. The van der Waals surface area contributed by atoms with E-state index >= 15 is 0 Å². The molecule has 1 aliphatic carbocycles. The topological polar surface area (TPSA) is 12.0 Å². The Bertz CT molecular complexity index is 612. The molecule has 20 heavy (non-hydrogen) atoms. The van der Waals surface area contributed by atoms with Crippen LogP contribution in [0.25, 0.3) is 0 Å². The van der Waals surface area contributed by atoms with E-state index in [0.29, 0.717) is 16.0 Å². The standard InChI is InChI=1S/C17H17Cl2N/c1-20-11-17(13-5-3-2-4-6-13)10-14(17)12-7-8-15(18)16(19)9-12/h2-9,14,20H,10-11H2,1H3/t14-,17-/m1/s1. The van der Waals surface area contributed by atoms with E-state index in [1.54, 1.807) is 0 Å². The Morgan fingerprint density at radius 1 is 1.10 bits per heavy atom. The van der Waals surface area contributed by atoms with E-state index in [9.17, 15) is 0 Å². The molecule has 0 spiro atoms. The summed E-state index contributed by atoms with van der Waals surface area (Å²) >= 11 is 12.2. The third kappa shape index (κ3) is 2.35. The second-order valence-electron chi connectivity index (χ2n) is 5.48. The second kappa shape index (κ2) is 5.40. The molecule has 2 aromatic carbocycles. The minimum absolute atomic E-state index is 0.188. The van der Waals surface area contributed by atoms with Crippen molar-refractivity contribution >= 4 is 23.2 Å². The van der Waals surface area contributed by atoms with Gasteiger partial charge in [0.15, 0.2) is 0 Å². The Morgan fingerprint density at radius 3 is 2.50 bits per heavy atom. The second-order valence-corrected chi connectivity index (χ2v) is 6.30. The maximum Gasteiger partial charge on any atom is 0.0595 e. The molecular formula is C17H17Cl2N. The Kier molecular flexibility index (Phi) is 3.76. The fraction of sp³-hybridized carbons (Fsp3) is 0.294. The Hall–Kier alpha value is -1.02. The molecule has 1 saturated carbocycles. The van der Waals surface area contributed by atoms with Gasteiger partial charge >= 0.3 is 0 Å². The molecule has 1 fully saturated rings. The molecule has 0 heterocycles. The van der Waals surface area contributed by atoms with Gasteiger partial charge in [0, 0.05) is 12.0 Å². The number of nitrogens with one attached hydrogen (secondary N) is 1. The first kappa shape index (κ1) is 13.9. The van der Waals surface area contributed by atoms with Gasteiger partial charge in [0.1, 0.15) is 0 Å². The van der Waals surface area contributed by atoms with Crippen LogP contribution in [0, 0.1) is 0 Å². The zero-order chi connectivity index (χ0) is 14.2. The van der Waals surface area contributed by atoms with Crippen LogP contribution >= 0.6 is 23.2 Å². The third-order valence-electron chi connectivity index (χ3n) is 4.26. The number of rotatable bonds is 4. The zero-order valence-electron chi connectivity index (χ0n) is 11.4. The highest BCUT2D eigenvalue weighted by Gasteiger charge is 2.55. The molecule has 2 atom stereocenters. The van der Waals surface area contributed by atoms with Crippen LogP contribution in [0.3, 0.4) is 0 Å². The molecular weight excluding hydrogens is 289 g/mol. The molecule has 0 radical (unpaired) electrons. The van der Waals surface area contributed by atoms with Crippen LogP contribution in [-0.2, 0) is 5.41 Å². The Labute approximate surface area is 129 Å². The van der Waals surface area contributed by atoms with Crippen LogP contribution in [0.5, 0.6) is 0 Å². The fourth-order valence-corrected chi connectivity index (χ4v) is 3.48. The predicted octanol–water partition coefficient (Wildman–Crippen LogP) is 4.64. The van der Waals surface area contributed by atoms with Crippen LogP contribution in [-0.4, -0.2) is 13.6 Å². The predicted molar refractivity (Wildman–Crippen MR) is 85.9 cm³/mol. The average molecular weight is 306 g/mol. The lowest BCUT2D eigenvalue weighted by Gasteiger charge is -2.18. The quantitative estimate of drug-likeness (QED) is 0.868. The molecule has 0 saturated heterocycles. The van der Waals surface area contributed by atoms with Gasteiger partial charge < -0.3 is 5.32 Å². The molecule has 2 aromatic rings. The highest BCUT2D eigenvalue weighted by Crippen LogP contribution is 2.60. The van der Waals surface area contributed by atoms with E-state index in [4.69, 9.17) is 23.2 Å². The number of hydrogen-bond donors (Lipinski definition) is 1. The first-order valence-electron chi connectivity index (χ1n) is 6.82. The zero-order valence-corrected chi connectivity index (χ0v) is 12.9. The van der Waals surface area contributed by atoms with Crippen LogP contribution < -0.4 is 5.32 Å². The molecule has 0 aliphatic heterocycles. The SMILES string of the molecule is CNC[C@@]1(c2ccccc2)C[C@@H]1c1ccc(Cl)c(Cl)c1. The highest BCUT2D eigenvalue weighted by atomic mass is 35.5. The molecule has 0 amide bonds. The number of hydrogen-bond acceptors (Lipinski definition) is 1. The van der Waals surface area contributed by atoms with E-state index in [0.717, 1.165) is 13.0 Å². The van der Waals surface area contributed by atoms with E-state index < -0.39 is 0 Å². The summed E-state index contributed by atoms with van der Waals surface area (Å²) in [4.78, 5) is 0. The van der Waals surface area contributed by atoms with Gasteiger partial charge in [-0.25, -0.2) is 0 Å². The maximum atomic E-state index is 6.15.